The Morgan fingerprint density at radius 1 is 1.15 bits per heavy atom. The number of hydrogen-bond donors (Lipinski definition) is 2. The van der Waals surface area contributed by atoms with E-state index in [-0.39, 0.29) is 16.4 Å². The quantitative estimate of drug-likeness (QED) is 0.760. The van der Waals surface area contributed by atoms with Gasteiger partial charge in [-0.3, -0.25) is 5.10 Å². The molecule has 0 aliphatic heterocycles. The molecule has 0 bridgehead atoms. The van der Waals surface area contributed by atoms with Crippen LogP contribution in [0, 0.1) is 5.82 Å². The summed E-state index contributed by atoms with van der Waals surface area (Å²) in [5.41, 5.74) is 7.72. The molecule has 0 saturated carbocycles. The second kappa shape index (κ2) is 4.90. The number of anilines is 1. The summed E-state index contributed by atoms with van der Waals surface area (Å²) in [5.74, 6) is -0.294. The molecule has 0 atom stereocenters. The van der Waals surface area contributed by atoms with Crippen LogP contribution in [-0.2, 0) is 0 Å². The number of nitrogens with zero attached hydrogens (tertiary/aromatic N) is 3. The second-order valence-electron chi connectivity index (χ2n) is 4.09. The highest BCUT2D eigenvalue weighted by atomic mass is 35.5. The monoisotopic (exact) mass is 289 g/mol. The summed E-state index contributed by atoms with van der Waals surface area (Å²) in [5, 5.41) is 14.5. The molecule has 0 amide bonds. The molecule has 0 radical (unpaired) electrons. The summed E-state index contributed by atoms with van der Waals surface area (Å²) in [6.07, 6.45) is 3.06. The van der Waals surface area contributed by atoms with Gasteiger partial charge in [-0.1, -0.05) is 17.7 Å². The molecular weight excluding hydrogens is 281 g/mol. The van der Waals surface area contributed by atoms with Gasteiger partial charge in [-0.05, 0) is 18.2 Å². The minimum atomic E-state index is -0.464. The molecule has 3 N–H and O–H groups in total. The van der Waals surface area contributed by atoms with Gasteiger partial charge in [0.2, 0.25) is 0 Å². The van der Waals surface area contributed by atoms with Crippen molar-refractivity contribution in [1.82, 2.24) is 20.4 Å². The second-order valence-corrected chi connectivity index (χ2v) is 4.49. The minimum absolute atomic E-state index is 0.170. The molecule has 0 aliphatic rings. The molecule has 5 nitrogen and oxygen atoms in total. The predicted molar refractivity (Wildman–Crippen MR) is 74.4 cm³/mol. The number of benzene rings is 1. The molecule has 3 aromatic rings. The Kier molecular flexibility index (Phi) is 3.08. The van der Waals surface area contributed by atoms with E-state index < -0.39 is 5.82 Å². The molecule has 0 fully saturated rings. The van der Waals surface area contributed by atoms with E-state index >= 15 is 0 Å². The molecule has 2 aromatic heterocycles. The molecule has 20 heavy (non-hydrogen) atoms. The van der Waals surface area contributed by atoms with Crippen LogP contribution in [0.4, 0.5) is 10.2 Å². The van der Waals surface area contributed by atoms with E-state index in [1.54, 1.807) is 12.1 Å². The first-order valence-corrected chi connectivity index (χ1v) is 6.11. The minimum Gasteiger partial charge on any atom is -0.382 e. The Morgan fingerprint density at radius 3 is 2.70 bits per heavy atom. The van der Waals surface area contributed by atoms with Crippen molar-refractivity contribution < 1.29 is 4.39 Å². The summed E-state index contributed by atoms with van der Waals surface area (Å²) in [6, 6.07) is 6.17. The maximum atomic E-state index is 14.1. The van der Waals surface area contributed by atoms with Crippen molar-refractivity contribution in [1.29, 1.82) is 0 Å². The molecular formula is C13H9ClFN5. The third-order valence-electron chi connectivity index (χ3n) is 2.88. The summed E-state index contributed by atoms with van der Waals surface area (Å²) >= 11 is 6.09. The molecule has 7 heteroatoms. The van der Waals surface area contributed by atoms with Crippen molar-refractivity contribution in [2.24, 2.45) is 0 Å². The molecule has 100 valence electrons. The van der Waals surface area contributed by atoms with E-state index in [0.717, 1.165) is 0 Å². The summed E-state index contributed by atoms with van der Waals surface area (Å²) in [6.45, 7) is 0. The van der Waals surface area contributed by atoms with Crippen LogP contribution in [0.3, 0.4) is 0 Å². The zero-order chi connectivity index (χ0) is 14.1. The highest BCUT2D eigenvalue weighted by molar-refractivity contribution is 6.33. The van der Waals surface area contributed by atoms with Crippen molar-refractivity contribution in [3.05, 3.63) is 47.5 Å². The number of rotatable bonds is 2. The van der Waals surface area contributed by atoms with E-state index in [0.29, 0.717) is 16.8 Å². The van der Waals surface area contributed by atoms with Crippen LogP contribution >= 0.6 is 11.6 Å². The van der Waals surface area contributed by atoms with Crippen LogP contribution in [0.5, 0.6) is 0 Å². The van der Waals surface area contributed by atoms with Crippen molar-refractivity contribution in [3.63, 3.8) is 0 Å². The number of aromatic nitrogens is 4. The van der Waals surface area contributed by atoms with Gasteiger partial charge in [0.25, 0.3) is 0 Å². The smallest absolute Gasteiger partial charge is 0.153 e. The average Bonchev–Trinajstić information content (AvgIpc) is 2.82. The maximum Gasteiger partial charge on any atom is 0.153 e. The Bertz CT molecular complexity index is 736. The first kappa shape index (κ1) is 12.6. The molecule has 0 saturated heterocycles. The first-order chi connectivity index (χ1) is 9.68. The topological polar surface area (TPSA) is 80.5 Å². The number of hydrogen-bond acceptors (Lipinski definition) is 4. The Balaban J connectivity index is 2.28. The van der Waals surface area contributed by atoms with E-state index in [1.807, 2.05) is 0 Å². The predicted octanol–water partition coefficient (Wildman–Crippen LogP) is 2.91. The fraction of sp³-hybridized carbons (Fsp3) is 0. The number of halogens is 2. The lowest BCUT2D eigenvalue weighted by Crippen LogP contribution is -1.93. The van der Waals surface area contributed by atoms with Crippen LogP contribution in [0.15, 0.2) is 36.7 Å². The van der Waals surface area contributed by atoms with Crippen LogP contribution in [0.1, 0.15) is 0 Å². The summed E-state index contributed by atoms with van der Waals surface area (Å²) in [4.78, 5) is 0. The highest BCUT2D eigenvalue weighted by Crippen LogP contribution is 2.39. The maximum absolute atomic E-state index is 14.1. The molecule has 0 aliphatic carbocycles. The standard InChI is InChI=1S/C13H9ClFN5/c14-8-2-1-3-9(15)10(8)11-12(19-20-13(11)16)7-4-5-17-18-6-7/h1-6H,(H3,16,19,20). The number of nitrogens with two attached hydrogens (primary N) is 1. The van der Waals surface area contributed by atoms with Crippen LogP contribution < -0.4 is 5.73 Å². The number of nitrogen functional groups attached to an aromatic ring is 1. The first-order valence-electron chi connectivity index (χ1n) is 5.73. The summed E-state index contributed by atoms with van der Waals surface area (Å²) in [7, 11) is 0. The van der Waals surface area contributed by atoms with Crippen LogP contribution in [0.2, 0.25) is 5.02 Å². The van der Waals surface area contributed by atoms with Gasteiger partial charge < -0.3 is 5.73 Å². The Labute approximate surface area is 118 Å². The van der Waals surface area contributed by atoms with Crippen molar-refractivity contribution in [3.8, 4) is 22.4 Å². The third-order valence-corrected chi connectivity index (χ3v) is 3.19. The zero-order valence-corrected chi connectivity index (χ0v) is 10.9. The van der Waals surface area contributed by atoms with Gasteiger partial charge in [0, 0.05) is 11.1 Å². The third kappa shape index (κ3) is 2.00. The fourth-order valence-electron chi connectivity index (χ4n) is 1.99. The normalized spacial score (nSPS) is 10.7. The molecule has 1 aromatic carbocycles. The van der Waals surface area contributed by atoms with Gasteiger partial charge in [-0.25, -0.2) is 4.39 Å². The largest absolute Gasteiger partial charge is 0.382 e. The van der Waals surface area contributed by atoms with Gasteiger partial charge in [-0.15, -0.1) is 0 Å². The van der Waals surface area contributed by atoms with Gasteiger partial charge in [0.05, 0.1) is 28.7 Å². The lowest BCUT2D eigenvalue weighted by molar-refractivity contribution is 0.631. The van der Waals surface area contributed by atoms with Crippen LogP contribution in [0.25, 0.3) is 22.4 Å². The zero-order valence-electron chi connectivity index (χ0n) is 10.1. The molecule has 0 unspecified atom stereocenters. The van der Waals surface area contributed by atoms with Crippen molar-refractivity contribution in [2.45, 2.75) is 0 Å². The Morgan fingerprint density at radius 2 is 2.00 bits per heavy atom. The van der Waals surface area contributed by atoms with Gasteiger partial charge in [0.15, 0.2) is 5.82 Å². The SMILES string of the molecule is Nc1n[nH]c(-c2ccnnc2)c1-c1c(F)cccc1Cl. The lowest BCUT2D eigenvalue weighted by atomic mass is 10.0. The fourth-order valence-corrected chi connectivity index (χ4v) is 2.25. The van der Waals surface area contributed by atoms with Crippen molar-refractivity contribution in [2.75, 3.05) is 5.73 Å². The van der Waals surface area contributed by atoms with Gasteiger partial charge in [-0.2, -0.15) is 15.3 Å². The molecule has 3 rings (SSSR count). The van der Waals surface area contributed by atoms with Gasteiger partial charge in [0.1, 0.15) is 5.82 Å². The van der Waals surface area contributed by atoms with E-state index in [1.165, 1.54) is 24.5 Å². The Hall–Kier alpha value is -2.47. The van der Waals surface area contributed by atoms with E-state index in [4.69, 9.17) is 17.3 Å². The number of nitrogens with one attached hydrogen (secondary N) is 1. The van der Waals surface area contributed by atoms with Crippen LogP contribution in [-0.4, -0.2) is 20.4 Å². The highest BCUT2D eigenvalue weighted by Gasteiger charge is 2.20. The number of H-pyrrole nitrogens is 1. The van der Waals surface area contributed by atoms with E-state index in [2.05, 4.69) is 20.4 Å². The van der Waals surface area contributed by atoms with Gasteiger partial charge >= 0.3 is 0 Å². The summed E-state index contributed by atoms with van der Waals surface area (Å²) < 4.78 is 14.1. The average molecular weight is 290 g/mol. The molecule has 2 heterocycles. The number of aromatic amines is 1. The lowest BCUT2D eigenvalue weighted by Gasteiger charge is -2.07. The van der Waals surface area contributed by atoms with E-state index in [9.17, 15) is 4.39 Å². The van der Waals surface area contributed by atoms with Crippen molar-refractivity contribution >= 4 is 17.4 Å². The molecule has 0 spiro atoms.